The van der Waals surface area contributed by atoms with E-state index in [0.717, 1.165) is 5.56 Å². The molecule has 0 aromatic heterocycles. The molecule has 0 saturated heterocycles. The number of alkyl carbamates (subject to hydrolysis) is 1. The maximum Gasteiger partial charge on any atom is 0.408 e. The fraction of sp³-hybridized carbons (Fsp3) is 0.682. The summed E-state index contributed by atoms with van der Waals surface area (Å²) in [6.07, 6.45) is -0.831. The summed E-state index contributed by atoms with van der Waals surface area (Å²) in [5, 5.41) is 2.84. The molecule has 1 amide bonds. The van der Waals surface area contributed by atoms with Crippen LogP contribution in [0, 0.1) is 5.41 Å². The molecule has 2 unspecified atom stereocenters. The Kier molecular flexibility index (Phi) is 11.5. The molecule has 0 bridgehead atoms. The first-order chi connectivity index (χ1) is 13.5. The molecule has 1 aromatic carbocycles. The molecule has 166 valence electrons. The maximum absolute atomic E-state index is 12.2. The standard InChI is InChI=1S/C22H36INO5/c1-21(2,3)16-28-19(12-23)27-15-18(24-20(25)29-22(4,5)6)14-26-13-17-10-8-7-9-11-17/h7-11,18-19H,12-16H2,1-6H3,(H,24,25). The molecule has 0 fully saturated rings. The second-order valence-electron chi connectivity index (χ2n) is 9.13. The maximum atomic E-state index is 12.2. The van der Waals surface area contributed by atoms with Gasteiger partial charge in [-0.15, -0.1) is 0 Å². The number of hydrogen-bond acceptors (Lipinski definition) is 5. The van der Waals surface area contributed by atoms with E-state index in [1.807, 2.05) is 51.1 Å². The lowest BCUT2D eigenvalue weighted by Gasteiger charge is -2.26. The highest BCUT2D eigenvalue weighted by Crippen LogP contribution is 2.15. The number of carbonyl (C=O) groups excluding carboxylic acids is 1. The van der Waals surface area contributed by atoms with Crippen molar-refractivity contribution in [1.29, 1.82) is 0 Å². The number of nitrogens with one attached hydrogen (secondary N) is 1. The molecule has 0 aliphatic rings. The van der Waals surface area contributed by atoms with Gasteiger partial charge in [-0.1, -0.05) is 73.7 Å². The van der Waals surface area contributed by atoms with Crippen LogP contribution in [0.5, 0.6) is 0 Å². The molecule has 2 atom stereocenters. The van der Waals surface area contributed by atoms with Gasteiger partial charge in [-0.2, -0.15) is 0 Å². The van der Waals surface area contributed by atoms with Crippen LogP contribution in [0.1, 0.15) is 47.1 Å². The Balaban J connectivity index is 2.59. The summed E-state index contributed by atoms with van der Waals surface area (Å²) in [7, 11) is 0. The first-order valence-corrected chi connectivity index (χ1v) is 11.4. The highest BCUT2D eigenvalue weighted by Gasteiger charge is 2.22. The summed E-state index contributed by atoms with van der Waals surface area (Å²) < 4.78 is 23.6. The van der Waals surface area contributed by atoms with E-state index in [4.69, 9.17) is 18.9 Å². The summed E-state index contributed by atoms with van der Waals surface area (Å²) in [6, 6.07) is 9.55. The van der Waals surface area contributed by atoms with E-state index in [9.17, 15) is 4.79 Å². The molecule has 0 saturated carbocycles. The second-order valence-corrected chi connectivity index (χ2v) is 10.0. The van der Waals surface area contributed by atoms with Crippen LogP contribution in [-0.2, 0) is 25.6 Å². The number of carbonyl (C=O) groups is 1. The lowest BCUT2D eigenvalue weighted by Crippen LogP contribution is -2.45. The number of amides is 1. The van der Waals surface area contributed by atoms with Gasteiger partial charge in [0.05, 0.1) is 36.9 Å². The number of ether oxygens (including phenoxy) is 4. The van der Waals surface area contributed by atoms with E-state index in [1.165, 1.54) is 0 Å². The largest absolute Gasteiger partial charge is 0.444 e. The van der Waals surface area contributed by atoms with Crippen molar-refractivity contribution in [1.82, 2.24) is 5.32 Å². The molecule has 0 radical (unpaired) electrons. The summed E-state index contributed by atoms with van der Waals surface area (Å²) in [6.45, 7) is 13.5. The van der Waals surface area contributed by atoms with Gasteiger partial charge in [0.1, 0.15) is 5.60 Å². The average Bonchev–Trinajstić information content (AvgIpc) is 2.60. The van der Waals surface area contributed by atoms with Crippen molar-refractivity contribution in [3.63, 3.8) is 0 Å². The third-order valence-electron chi connectivity index (χ3n) is 3.46. The van der Waals surface area contributed by atoms with Crippen LogP contribution in [0.15, 0.2) is 30.3 Å². The zero-order valence-corrected chi connectivity index (χ0v) is 20.7. The Morgan fingerprint density at radius 1 is 1.03 bits per heavy atom. The van der Waals surface area contributed by atoms with Crippen molar-refractivity contribution in [2.24, 2.45) is 5.41 Å². The van der Waals surface area contributed by atoms with Crippen LogP contribution < -0.4 is 5.32 Å². The smallest absolute Gasteiger partial charge is 0.408 e. The van der Waals surface area contributed by atoms with Crippen LogP contribution in [0.2, 0.25) is 0 Å². The van der Waals surface area contributed by atoms with Crippen LogP contribution in [0.25, 0.3) is 0 Å². The molecular weight excluding hydrogens is 485 g/mol. The van der Waals surface area contributed by atoms with Crippen molar-refractivity contribution in [2.45, 2.75) is 66.1 Å². The third kappa shape index (κ3) is 13.9. The molecule has 29 heavy (non-hydrogen) atoms. The van der Waals surface area contributed by atoms with Gasteiger partial charge in [-0.3, -0.25) is 0 Å². The minimum absolute atomic E-state index is 0.0559. The van der Waals surface area contributed by atoms with Gasteiger partial charge in [-0.05, 0) is 31.7 Å². The van der Waals surface area contributed by atoms with Gasteiger partial charge in [0.25, 0.3) is 0 Å². The normalized spacial score (nSPS) is 14.3. The molecule has 1 rings (SSSR count). The lowest BCUT2D eigenvalue weighted by molar-refractivity contribution is -0.147. The predicted octanol–water partition coefficient (Wildman–Crippen LogP) is 4.94. The van der Waals surface area contributed by atoms with Crippen molar-refractivity contribution >= 4 is 28.7 Å². The monoisotopic (exact) mass is 521 g/mol. The summed E-state index contributed by atoms with van der Waals surface area (Å²) >= 11 is 2.23. The number of benzene rings is 1. The Morgan fingerprint density at radius 2 is 1.69 bits per heavy atom. The van der Waals surface area contributed by atoms with Crippen molar-refractivity contribution < 1.29 is 23.7 Å². The summed E-state index contributed by atoms with van der Waals surface area (Å²) in [5.41, 5.74) is 0.560. The van der Waals surface area contributed by atoms with Crippen LogP contribution in [0.4, 0.5) is 4.79 Å². The fourth-order valence-corrected chi connectivity index (χ4v) is 2.71. The zero-order valence-electron chi connectivity index (χ0n) is 18.5. The van der Waals surface area contributed by atoms with Gasteiger partial charge in [0.15, 0.2) is 6.29 Å². The summed E-state index contributed by atoms with van der Waals surface area (Å²) in [5.74, 6) is 0. The fourth-order valence-electron chi connectivity index (χ4n) is 2.20. The summed E-state index contributed by atoms with van der Waals surface area (Å²) in [4.78, 5) is 12.2. The van der Waals surface area contributed by atoms with Crippen molar-refractivity contribution in [2.75, 3.05) is 24.2 Å². The van der Waals surface area contributed by atoms with E-state index in [-0.39, 0.29) is 24.4 Å². The number of alkyl halides is 1. The van der Waals surface area contributed by atoms with Crippen LogP contribution >= 0.6 is 22.6 Å². The molecule has 7 heteroatoms. The van der Waals surface area contributed by atoms with Gasteiger partial charge in [0.2, 0.25) is 0 Å². The lowest BCUT2D eigenvalue weighted by atomic mass is 9.99. The SMILES string of the molecule is CC(C)(C)COC(CI)OCC(COCc1ccccc1)NC(=O)OC(C)(C)C. The minimum Gasteiger partial charge on any atom is -0.444 e. The third-order valence-corrected chi connectivity index (χ3v) is 4.18. The highest BCUT2D eigenvalue weighted by molar-refractivity contribution is 14.1. The zero-order chi connectivity index (χ0) is 21.9. The quantitative estimate of drug-likeness (QED) is 0.254. The first kappa shape index (κ1) is 26.1. The van der Waals surface area contributed by atoms with Gasteiger partial charge < -0.3 is 24.3 Å². The van der Waals surface area contributed by atoms with Crippen LogP contribution in [0.3, 0.4) is 0 Å². The predicted molar refractivity (Wildman–Crippen MR) is 123 cm³/mol. The molecule has 1 aromatic rings. The molecule has 6 nitrogen and oxygen atoms in total. The second kappa shape index (κ2) is 12.7. The first-order valence-electron chi connectivity index (χ1n) is 9.89. The van der Waals surface area contributed by atoms with E-state index >= 15 is 0 Å². The van der Waals surface area contributed by atoms with E-state index in [0.29, 0.717) is 24.2 Å². The Bertz CT molecular complexity index is 583. The molecular formula is C22H36INO5. The molecule has 0 aliphatic heterocycles. The van der Waals surface area contributed by atoms with Gasteiger partial charge >= 0.3 is 6.09 Å². The average molecular weight is 521 g/mol. The highest BCUT2D eigenvalue weighted by atomic mass is 127. The topological polar surface area (TPSA) is 66.0 Å². The molecule has 1 N–H and O–H groups in total. The molecule has 0 spiro atoms. The van der Waals surface area contributed by atoms with E-state index in [2.05, 4.69) is 48.7 Å². The Labute approximate surface area is 189 Å². The van der Waals surface area contributed by atoms with E-state index in [1.54, 1.807) is 0 Å². The Hall–Kier alpha value is -0.900. The number of rotatable bonds is 11. The number of halogens is 1. The van der Waals surface area contributed by atoms with Crippen molar-refractivity contribution in [3.05, 3.63) is 35.9 Å². The Morgan fingerprint density at radius 3 is 2.24 bits per heavy atom. The minimum atomic E-state index is -0.569. The van der Waals surface area contributed by atoms with Gasteiger partial charge in [0, 0.05) is 0 Å². The molecule has 0 aliphatic carbocycles. The van der Waals surface area contributed by atoms with Crippen molar-refractivity contribution in [3.8, 4) is 0 Å². The van der Waals surface area contributed by atoms with Crippen LogP contribution in [-0.4, -0.2) is 48.3 Å². The van der Waals surface area contributed by atoms with E-state index < -0.39 is 11.7 Å². The number of hydrogen-bond donors (Lipinski definition) is 1. The molecule has 0 heterocycles. The van der Waals surface area contributed by atoms with Gasteiger partial charge in [-0.25, -0.2) is 4.79 Å².